The monoisotopic (exact) mass is 348 g/mol. The van der Waals surface area contributed by atoms with E-state index in [-0.39, 0.29) is 5.82 Å². The zero-order valence-electron chi connectivity index (χ0n) is 14.3. The standard InChI is InChI=1S/C19H17FN6/c1-21-14-9-12(7-8-23-14)17-16(11-3-5-13(20)6-4-11)18-19(26-17)25-15(22-2)10-24-18/h3-10H,1-2H3,(H,21,23)(H2,22,25,26). The van der Waals surface area contributed by atoms with Crippen LogP contribution >= 0.6 is 0 Å². The Hall–Kier alpha value is -3.48. The maximum Gasteiger partial charge on any atom is 0.159 e. The molecule has 0 spiro atoms. The molecule has 3 aromatic heterocycles. The molecule has 3 N–H and O–H groups in total. The number of halogens is 1. The Morgan fingerprint density at radius 2 is 1.69 bits per heavy atom. The fourth-order valence-electron chi connectivity index (χ4n) is 2.92. The van der Waals surface area contributed by atoms with Crippen molar-refractivity contribution >= 4 is 22.8 Å². The highest BCUT2D eigenvalue weighted by Crippen LogP contribution is 2.37. The van der Waals surface area contributed by atoms with Gasteiger partial charge < -0.3 is 15.6 Å². The van der Waals surface area contributed by atoms with Crippen LogP contribution in [0.3, 0.4) is 0 Å². The van der Waals surface area contributed by atoms with Crippen LogP contribution in [0.2, 0.25) is 0 Å². The Labute approximate surface area is 149 Å². The molecular weight excluding hydrogens is 331 g/mol. The number of aromatic nitrogens is 4. The first-order valence-electron chi connectivity index (χ1n) is 8.16. The molecule has 6 nitrogen and oxygen atoms in total. The number of nitrogens with one attached hydrogen (secondary N) is 3. The minimum atomic E-state index is -0.278. The van der Waals surface area contributed by atoms with E-state index in [0.717, 1.165) is 33.7 Å². The van der Waals surface area contributed by atoms with Crippen LogP contribution < -0.4 is 10.6 Å². The second-order valence-electron chi connectivity index (χ2n) is 5.76. The topological polar surface area (TPSA) is 78.5 Å². The molecule has 0 bridgehead atoms. The second kappa shape index (κ2) is 6.44. The summed E-state index contributed by atoms with van der Waals surface area (Å²) >= 11 is 0. The van der Waals surface area contributed by atoms with Crippen molar-refractivity contribution in [1.82, 2.24) is 19.9 Å². The van der Waals surface area contributed by atoms with Crippen LogP contribution in [0.25, 0.3) is 33.5 Å². The molecule has 4 rings (SSSR count). The van der Waals surface area contributed by atoms with Gasteiger partial charge in [-0.05, 0) is 29.8 Å². The molecule has 1 aromatic carbocycles. The minimum absolute atomic E-state index is 0.278. The molecule has 0 aliphatic rings. The highest BCUT2D eigenvalue weighted by atomic mass is 19.1. The van der Waals surface area contributed by atoms with Crippen molar-refractivity contribution in [3.8, 4) is 22.4 Å². The van der Waals surface area contributed by atoms with E-state index in [9.17, 15) is 4.39 Å². The van der Waals surface area contributed by atoms with Crippen molar-refractivity contribution in [2.45, 2.75) is 0 Å². The lowest BCUT2D eigenvalue weighted by atomic mass is 10.0. The fourth-order valence-corrected chi connectivity index (χ4v) is 2.92. The van der Waals surface area contributed by atoms with Crippen molar-refractivity contribution in [3.63, 3.8) is 0 Å². The van der Waals surface area contributed by atoms with Gasteiger partial charge in [0.05, 0.1) is 11.9 Å². The predicted octanol–water partition coefficient (Wildman–Crippen LogP) is 3.91. The van der Waals surface area contributed by atoms with E-state index >= 15 is 0 Å². The average Bonchev–Trinajstić information content (AvgIpc) is 3.07. The first kappa shape index (κ1) is 16.0. The van der Waals surface area contributed by atoms with Gasteiger partial charge >= 0.3 is 0 Å². The summed E-state index contributed by atoms with van der Waals surface area (Å²) in [6.07, 6.45) is 3.42. The lowest BCUT2D eigenvalue weighted by Gasteiger charge is -2.07. The van der Waals surface area contributed by atoms with Gasteiger partial charge in [0.15, 0.2) is 5.65 Å². The Balaban J connectivity index is 2.00. The van der Waals surface area contributed by atoms with Crippen LogP contribution in [0, 0.1) is 5.82 Å². The van der Waals surface area contributed by atoms with E-state index < -0.39 is 0 Å². The first-order chi connectivity index (χ1) is 12.7. The van der Waals surface area contributed by atoms with Gasteiger partial charge in [-0.15, -0.1) is 0 Å². The van der Waals surface area contributed by atoms with E-state index in [1.807, 2.05) is 19.2 Å². The number of hydrogen-bond acceptors (Lipinski definition) is 5. The third-order valence-corrected chi connectivity index (χ3v) is 4.20. The molecule has 4 aromatic rings. The summed E-state index contributed by atoms with van der Waals surface area (Å²) in [6, 6.07) is 10.2. The molecular formula is C19H17FN6. The summed E-state index contributed by atoms with van der Waals surface area (Å²) < 4.78 is 13.4. The van der Waals surface area contributed by atoms with Gasteiger partial charge in [-0.3, -0.25) is 0 Å². The zero-order valence-corrected chi connectivity index (χ0v) is 14.3. The normalized spacial score (nSPS) is 10.9. The van der Waals surface area contributed by atoms with Gasteiger partial charge in [-0.1, -0.05) is 12.1 Å². The highest BCUT2D eigenvalue weighted by molar-refractivity contribution is 6.00. The van der Waals surface area contributed by atoms with Crippen LogP contribution in [0.1, 0.15) is 0 Å². The summed E-state index contributed by atoms with van der Waals surface area (Å²) in [5.74, 6) is 1.14. The van der Waals surface area contributed by atoms with Crippen molar-refractivity contribution in [1.29, 1.82) is 0 Å². The molecule has 130 valence electrons. The van der Waals surface area contributed by atoms with E-state index in [1.54, 1.807) is 31.6 Å². The zero-order chi connectivity index (χ0) is 18.1. The maximum absolute atomic E-state index is 13.4. The summed E-state index contributed by atoms with van der Waals surface area (Å²) in [5.41, 5.74) is 4.93. The molecule has 0 amide bonds. The minimum Gasteiger partial charge on any atom is -0.373 e. The third kappa shape index (κ3) is 2.73. The Kier molecular flexibility index (Phi) is 3.96. The molecule has 7 heteroatoms. The van der Waals surface area contributed by atoms with Crippen molar-refractivity contribution in [2.24, 2.45) is 0 Å². The van der Waals surface area contributed by atoms with Gasteiger partial charge in [-0.2, -0.15) is 0 Å². The van der Waals surface area contributed by atoms with Crippen molar-refractivity contribution in [3.05, 3.63) is 54.6 Å². The third-order valence-electron chi connectivity index (χ3n) is 4.20. The van der Waals surface area contributed by atoms with Crippen LogP contribution in [0.15, 0.2) is 48.8 Å². The lowest BCUT2D eigenvalue weighted by Crippen LogP contribution is -1.93. The quantitative estimate of drug-likeness (QED) is 0.521. The summed E-state index contributed by atoms with van der Waals surface area (Å²) in [6.45, 7) is 0. The molecule has 0 aliphatic carbocycles. The number of hydrogen-bond donors (Lipinski definition) is 3. The highest BCUT2D eigenvalue weighted by Gasteiger charge is 2.18. The number of aromatic amines is 1. The number of nitrogens with zero attached hydrogens (tertiary/aromatic N) is 3. The smallest absolute Gasteiger partial charge is 0.159 e. The van der Waals surface area contributed by atoms with Gasteiger partial charge in [0.2, 0.25) is 0 Å². The SMILES string of the molecule is CNc1cc(-c2[nH]c3nc(NC)cnc3c2-c2ccc(F)cc2)ccn1. The number of benzene rings is 1. The van der Waals surface area contributed by atoms with Crippen LogP contribution in [0.5, 0.6) is 0 Å². The molecule has 0 saturated heterocycles. The number of pyridine rings is 1. The van der Waals surface area contributed by atoms with E-state index in [4.69, 9.17) is 0 Å². The number of fused-ring (bicyclic) bond motifs is 1. The van der Waals surface area contributed by atoms with Crippen LogP contribution in [-0.2, 0) is 0 Å². The van der Waals surface area contributed by atoms with Crippen molar-refractivity contribution < 1.29 is 4.39 Å². The Morgan fingerprint density at radius 3 is 2.42 bits per heavy atom. The van der Waals surface area contributed by atoms with E-state index in [1.165, 1.54) is 12.1 Å². The lowest BCUT2D eigenvalue weighted by molar-refractivity contribution is 0.628. The Bertz CT molecular complexity index is 1070. The summed E-state index contributed by atoms with van der Waals surface area (Å²) in [5, 5.41) is 6.03. The molecule has 0 atom stereocenters. The van der Waals surface area contributed by atoms with Gasteiger partial charge in [-0.25, -0.2) is 19.3 Å². The number of anilines is 2. The van der Waals surface area contributed by atoms with E-state index in [0.29, 0.717) is 11.5 Å². The molecule has 0 aliphatic heterocycles. The molecule has 3 heterocycles. The van der Waals surface area contributed by atoms with Crippen LogP contribution in [-0.4, -0.2) is 34.0 Å². The summed E-state index contributed by atoms with van der Waals surface area (Å²) in [7, 11) is 3.61. The molecule has 0 radical (unpaired) electrons. The second-order valence-corrected chi connectivity index (χ2v) is 5.76. The molecule has 0 fully saturated rings. The van der Waals surface area contributed by atoms with Gasteiger partial charge in [0, 0.05) is 31.4 Å². The molecule has 26 heavy (non-hydrogen) atoms. The summed E-state index contributed by atoms with van der Waals surface area (Å²) in [4.78, 5) is 16.7. The van der Waals surface area contributed by atoms with Gasteiger partial charge in [0.25, 0.3) is 0 Å². The van der Waals surface area contributed by atoms with Gasteiger partial charge in [0.1, 0.15) is 23.0 Å². The van der Waals surface area contributed by atoms with E-state index in [2.05, 4.69) is 30.6 Å². The number of H-pyrrole nitrogens is 1. The predicted molar refractivity (Wildman–Crippen MR) is 102 cm³/mol. The largest absolute Gasteiger partial charge is 0.373 e. The maximum atomic E-state index is 13.4. The Morgan fingerprint density at radius 1 is 0.923 bits per heavy atom. The first-order valence-corrected chi connectivity index (χ1v) is 8.16. The molecule has 0 saturated carbocycles. The average molecular weight is 348 g/mol. The van der Waals surface area contributed by atoms with Crippen LogP contribution in [0.4, 0.5) is 16.0 Å². The number of rotatable bonds is 4. The fraction of sp³-hybridized carbons (Fsp3) is 0.105. The van der Waals surface area contributed by atoms with Crippen molar-refractivity contribution in [2.75, 3.05) is 24.7 Å². The molecule has 0 unspecified atom stereocenters.